The third-order valence-corrected chi connectivity index (χ3v) is 6.81. The average Bonchev–Trinajstić information content (AvgIpc) is 3.02. The fourth-order valence-electron chi connectivity index (χ4n) is 3.47. The van der Waals surface area contributed by atoms with E-state index in [2.05, 4.69) is 16.3 Å². The number of nitrogens with zero attached hydrogens (tertiary/aromatic N) is 2. The van der Waals surface area contributed by atoms with Crippen LogP contribution < -0.4 is 10.2 Å². The number of anilines is 2. The van der Waals surface area contributed by atoms with E-state index >= 15 is 0 Å². The second-order valence-electron chi connectivity index (χ2n) is 6.85. The maximum absolute atomic E-state index is 12.4. The van der Waals surface area contributed by atoms with Gasteiger partial charge in [0.25, 0.3) is 0 Å². The molecule has 1 aromatic rings. The molecule has 1 unspecified atom stereocenters. The SMILES string of the molecule is CN(C(=O)CCNc1ccccc1N1CCOCC1)C1CCS(=O)(=O)C1. The molecule has 0 spiro atoms. The normalized spacial score (nSPS) is 22.2. The number of nitrogens with one attached hydrogen (secondary N) is 1. The minimum atomic E-state index is -2.98. The van der Waals surface area contributed by atoms with E-state index in [-0.39, 0.29) is 23.5 Å². The van der Waals surface area contributed by atoms with Crippen LogP contribution in [0.2, 0.25) is 0 Å². The molecule has 1 atom stereocenters. The van der Waals surface area contributed by atoms with Crippen LogP contribution in [0.3, 0.4) is 0 Å². The molecule has 2 saturated heterocycles. The fraction of sp³-hybridized carbons (Fsp3) is 0.611. The van der Waals surface area contributed by atoms with Crippen molar-refractivity contribution in [2.45, 2.75) is 18.9 Å². The Hall–Kier alpha value is -1.80. The van der Waals surface area contributed by atoms with Crippen LogP contribution in [-0.2, 0) is 19.4 Å². The molecule has 3 rings (SSSR count). The molecule has 1 aromatic carbocycles. The lowest BCUT2D eigenvalue weighted by Gasteiger charge is -2.30. The molecule has 0 saturated carbocycles. The van der Waals surface area contributed by atoms with Gasteiger partial charge in [0.2, 0.25) is 5.91 Å². The van der Waals surface area contributed by atoms with Crippen molar-refractivity contribution in [2.24, 2.45) is 0 Å². The highest BCUT2D eigenvalue weighted by Gasteiger charge is 2.32. The van der Waals surface area contributed by atoms with Crippen LogP contribution in [0.15, 0.2) is 24.3 Å². The van der Waals surface area contributed by atoms with Crippen molar-refractivity contribution >= 4 is 27.1 Å². The molecule has 144 valence electrons. The van der Waals surface area contributed by atoms with Crippen molar-refractivity contribution in [3.63, 3.8) is 0 Å². The second kappa shape index (κ2) is 8.26. The van der Waals surface area contributed by atoms with Crippen molar-refractivity contribution < 1.29 is 17.9 Å². The Morgan fingerprint density at radius 1 is 1.31 bits per heavy atom. The molecule has 0 aliphatic carbocycles. The number of hydrogen-bond acceptors (Lipinski definition) is 6. The Balaban J connectivity index is 1.52. The van der Waals surface area contributed by atoms with Gasteiger partial charge in [-0.15, -0.1) is 0 Å². The van der Waals surface area contributed by atoms with E-state index in [4.69, 9.17) is 4.74 Å². The van der Waals surface area contributed by atoms with Gasteiger partial charge in [-0.1, -0.05) is 12.1 Å². The van der Waals surface area contributed by atoms with Gasteiger partial charge in [0.1, 0.15) is 0 Å². The highest BCUT2D eigenvalue weighted by molar-refractivity contribution is 7.91. The number of benzene rings is 1. The number of carbonyl (C=O) groups is 1. The van der Waals surface area contributed by atoms with E-state index in [0.717, 1.165) is 37.7 Å². The van der Waals surface area contributed by atoms with E-state index in [0.29, 0.717) is 19.4 Å². The zero-order chi connectivity index (χ0) is 18.6. The summed E-state index contributed by atoms with van der Waals surface area (Å²) in [4.78, 5) is 16.3. The molecule has 0 radical (unpaired) electrons. The predicted octanol–water partition coefficient (Wildman–Crippen LogP) is 0.971. The summed E-state index contributed by atoms with van der Waals surface area (Å²) in [5.74, 6) is 0.242. The Bertz CT molecular complexity index is 732. The highest BCUT2D eigenvalue weighted by Crippen LogP contribution is 2.26. The minimum Gasteiger partial charge on any atom is -0.383 e. The summed E-state index contributed by atoms with van der Waals surface area (Å²) in [7, 11) is -1.28. The number of sulfone groups is 1. The monoisotopic (exact) mass is 381 g/mol. The molecular formula is C18H27N3O4S. The predicted molar refractivity (Wildman–Crippen MR) is 102 cm³/mol. The third kappa shape index (κ3) is 4.67. The summed E-state index contributed by atoms with van der Waals surface area (Å²) in [5, 5.41) is 3.35. The molecule has 2 aliphatic rings. The number of para-hydroxylation sites is 2. The molecule has 26 heavy (non-hydrogen) atoms. The largest absolute Gasteiger partial charge is 0.383 e. The Morgan fingerprint density at radius 2 is 2.04 bits per heavy atom. The van der Waals surface area contributed by atoms with Gasteiger partial charge in [-0.25, -0.2) is 8.42 Å². The molecule has 2 fully saturated rings. The zero-order valence-electron chi connectivity index (χ0n) is 15.2. The molecular weight excluding hydrogens is 354 g/mol. The summed E-state index contributed by atoms with van der Waals surface area (Å²) in [6.07, 6.45) is 0.877. The molecule has 0 bridgehead atoms. The summed E-state index contributed by atoms with van der Waals surface area (Å²) in [6, 6.07) is 7.89. The molecule has 1 amide bonds. The van der Waals surface area contributed by atoms with Crippen LogP contribution in [0.5, 0.6) is 0 Å². The van der Waals surface area contributed by atoms with E-state index in [9.17, 15) is 13.2 Å². The van der Waals surface area contributed by atoms with Crippen LogP contribution >= 0.6 is 0 Å². The Morgan fingerprint density at radius 3 is 2.73 bits per heavy atom. The van der Waals surface area contributed by atoms with Crippen molar-refractivity contribution in [3.05, 3.63) is 24.3 Å². The van der Waals surface area contributed by atoms with Gasteiger partial charge in [-0.2, -0.15) is 0 Å². The molecule has 0 aromatic heterocycles. The number of carbonyl (C=O) groups excluding carboxylic acids is 1. The maximum atomic E-state index is 12.4. The fourth-order valence-corrected chi connectivity index (χ4v) is 5.24. The van der Waals surface area contributed by atoms with Gasteiger partial charge >= 0.3 is 0 Å². The van der Waals surface area contributed by atoms with Crippen LogP contribution in [0.25, 0.3) is 0 Å². The summed E-state index contributed by atoms with van der Waals surface area (Å²) >= 11 is 0. The van der Waals surface area contributed by atoms with Crippen LogP contribution in [-0.4, -0.2) is 76.7 Å². The second-order valence-corrected chi connectivity index (χ2v) is 9.08. The van der Waals surface area contributed by atoms with E-state index in [1.54, 1.807) is 11.9 Å². The van der Waals surface area contributed by atoms with Gasteiger partial charge in [-0.3, -0.25) is 4.79 Å². The van der Waals surface area contributed by atoms with Gasteiger partial charge in [-0.05, 0) is 18.6 Å². The van der Waals surface area contributed by atoms with Crippen molar-refractivity contribution in [1.29, 1.82) is 0 Å². The number of ether oxygens (including phenoxy) is 1. The first-order valence-electron chi connectivity index (χ1n) is 9.08. The van der Waals surface area contributed by atoms with Gasteiger partial charge in [0.05, 0.1) is 36.1 Å². The molecule has 8 heteroatoms. The van der Waals surface area contributed by atoms with Gasteiger partial charge in [0.15, 0.2) is 9.84 Å². The molecule has 2 heterocycles. The maximum Gasteiger partial charge on any atom is 0.224 e. The highest BCUT2D eigenvalue weighted by atomic mass is 32.2. The van der Waals surface area contributed by atoms with Crippen LogP contribution in [0.4, 0.5) is 11.4 Å². The summed E-state index contributed by atoms with van der Waals surface area (Å²) in [5.41, 5.74) is 2.13. The lowest BCUT2D eigenvalue weighted by atomic mass is 10.2. The lowest BCUT2D eigenvalue weighted by Crippen LogP contribution is -2.38. The van der Waals surface area contributed by atoms with Crippen molar-refractivity contribution in [1.82, 2.24) is 4.90 Å². The average molecular weight is 381 g/mol. The number of morpholine rings is 1. The first-order chi connectivity index (χ1) is 12.5. The van der Waals surface area contributed by atoms with Gasteiger partial charge in [0, 0.05) is 39.1 Å². The third-order valence-electron chi connectivity index (χ3n) is 5.06. The van der Waals surface area contributed by atoms with Gasteiger partial charge < -0.3 is 19.9 Å². The minimum absolute atomic E-state index is 0.0246. The van der Waals surface area contributed by atoms with Crippen molar-refractivity contribution in [3.8, 4) is 0 Å². The topological polar surface area (TPSA) is 79.0 Å². The Kier molecular flexibility index (Phi) is 6.03. The van der Waals surface area contributed by atoms with Crippen molar-refractivity contribution in [2.75, 3.05) is 61.6 Å². The van der Waals surface area contributed by atoms with E-state index < -0.39 is 9.84 Å². The lowest BCUT2D eigenvalue weighted by molar-refractivity contribution is -0.131. The zero-order valence-corrected chi connectivity index (χ0v) is 16.0. The summed E-state index contributed by atoms with van der Waals surface area (Å²) in [6.45, 7) is 3.68. The summed E-state index contributed by atoms with van der Waals surface area (Å²) < 4.78 is 28.6. The molecule has 2 aliphatic heterocycles. The first-order valence-corrected chi connectivity index (χ1v) is 10.9. The molecule has 7 nitrogen and oxygen atoms in total. The van der Waals surface area contributed by atoms with E-state index in [1.807, 2.05) is 18.2 Å². The van der Waals surface area contributed by atoms with Crippen LogP contribution in [0, 0.1) is 0 Å². The van der Waals surface area contributed by atoms with Crippen LogP contribution in [0.1, 0.15) is 12.8 Å². The first kappa shape index (κ1) is 19.0. The quantitative estimate of drug-likeness (QED) is 0.791. The molecule has 1 N–H and O–H groups in total. The smallest absolute Gasteiger partial charge is 0.224 e. The number of amides is 1. The Labute approximate surface area is 155 Å². The number of rotatable bonds is 6. The van der Waals surface area contributed by atoms with E-state index in [1.165, 1.54) is 0 Å². The number of hydrogen-bond donors (Lipinski definition) is 1. The standard InChI is InChI=1S/C18H27N3O4S/c1-20(15-7-13-26(23,24)14-15)18(22)6-8-19-16-4-2-3-5-17(16)21-9-11-25-12-10-21/h2-5,15,19H,6-14H2,1H3.